The molecule has 0 saturated carbocycles. The van der Waals surface area contributed by atoms with Gasteiger partial charge < -0.3 is 9.64 Å². The van der Waals surface area contributed by atoms with Crippen molar-refractivity contribution in [2.24, 2.45) is 0 Å². The fourth-order valence-electron chi connectivity index (χ4n) is 2.75. The monoisotopic (exact) mass is 365 g/mol. The van der Waals surface area contributed by atoms with Crippen LogP contribution in [0.3, 0.4) is 0 Å². The molecule has 0 amide bonds. The van der Waals surface area contributed by atoms with Crippen molar-refractivity contribution in [2.45, 2.75) is 6.54 Å². The highest BCUT2D eigenvalue weighted by Crippen LogP contribution is 2.35. The summed E-state index contributed by atoms with van der Waals surface area (Å²) in [6.07, 6.45) is 1.74. The molecular weight excluding hydrogens is 349 g/mol. The third-order valence-corrected chi connectivity index (χ3v) is 5.01. The number of thiazole rings is 1. The van der Waals surface area contributed by atoms with Crippen molar-refractivity contribution in [3.63, 3.8) is 0 Å². The lowest BCUT2D eigenvalue weighted by molar-refractivity contribution is 0.414. The lowest BCUT2D eigenvalue weighted by Gasteiger charge is -2.22. The SMILES string of the molecule is COc1cccc(CN(c2nc3cccnc3s2)c2ccccc2F)c1. The van der Waals surface area contributed by atoms with Gasteiger partial charge in [-0.2, -0.15) is 0 Å². The summed E-state index contributed by atoms with van der Waals surface area (Å²) in [6.45, 7) is 0.470. The van der Waals surface area contributed by atoms with Crippen molar-refractivity contribution in [3.05, 3.63) is 78.2 Å². The molecule has 0 bridgehead atoms. The van der Waals surface area contributed by atoms with Crippen LogP contribution < -0.4 is 9.64 Å². The van der Waals surface area contributed by atoms with Crippen molar-refractivity contribution in [1.29, 1.82) is 0 Å². The second-order valence-electron chi connectivity index (χ2n) is 5.71. The van der Waals surface area contributed by atoms with Gasteiger partial charge in [0.1, 0.15) is 21.9 Å². The molecule has 0 aliphatic rings. The fraction of sp³-hybridized carbons (Fsp3) is 0.100. The van der Waals surface area contributed by atoms with Crippen LogP contribution in [0.15, 0.2) is 66.9 Å². The summed E-state index contributed by atoms with van der Waals surface area (Å²) in [6, 6.07) is 18.2. The summed E-state index contributed by atoms with van der Waals surface area (Å²) in [4.78, 5) is 11.7. The number of methoxy groups -OCH3 is 1. The van der Waals surface area contributed by atoms with Gasteiger partial charge in [-0.25, -0.2) is 14.4 Å². The van der Waals surface area contributed by atoms with Crippen LogP contribution in [0, 0.1) is 5.82 Å². The minimum absolute atomic E-state index is 0.289. The Kier molecular flexibility index (Phi) is 4.50. The summed E-state index contributed by atoms with van der Waals surface area (Å²) in [7, 11) is 1.63. The minimum atomic E-state index is -0.289. The van der Waals surface area contributed by atoms with Gasteiger partial charge in [0.25, 0.3) is 0 Å². The number of anilines is 2. The molecule has 26 heavy (non-hydrogen) atoms. The second kappa shape index (κ2) is 7.09. The van der Waals surface area contributed by atoms with E-state index >= 15 is 0 Å². The van der Waals surface area contributed by atoms with Gasteiger partial charge in [0.15, 0.2) is 5.13 Å². The van der Waals surface area contributed by atoms with E-state index in [1.807, 2.05) is 47.4 Å². The van der Waals surface area contributed by atoms with Crippen LogP contribution in [0.2, 0.25) is 0 Å². The van der Waals surface area contributed by atoms with Crippen LogP contribution in [-0.4, -0.2) is 17.1 Å². The highest BCUT2D eigenvalue weighted by molar-refractivity contribution is 7.21. The van der Waals surface area contributed by atoms with Gasteiger partial charge in [0.05, 0.1) is 19.3 Å². The van der Waals surface area contributed by atoms with Crippen LogP contribution in [-0.2, 0) is 6.54 Å². The average molecular weight is 365 g/mol. The first-order valence-corrected chi connectivity index (χ1v) is 8.93. The van der Waals surface area contributed by atoms with Gasteiger partial charge >= 0.3 is 0 Å². The minimum Gasteiger partial charge on any atom is -0.497 e. The zero-order valence-corrected chi connectivity index (χ0v) is 14.9. The Morgan fingerprint density at radius 3 is 2.77 bits per heavy atom. The molecule has 0 saturated heterocycles. The third-order valence-electron chi connectivity index (χ3n) is 4.00. The number of pyridine rings is 1. The molecular formula is C20H16FN3OS. The first-order chi connectivity index (χ1) is 12.7. The molecule has 4 rings (SSSR count). The quantitative estimate of drug-likeness (QED) is 0.489. The number of hydrogen-bond donors (Lipinski definition) is 0. The predicted octanol–water partition coefficient (Wildman–Crippen LogP) is 5.18. The Morgan fingerprint density at radius 1 is 1.08 bits per heavy atom. The Balaban J connectivity index is 1.80. The Labute approximate surface area is 154 Å². The van der Waals surface area contributed by atoms with Crippen LogP contribution in [0.1, 0.15) is 5.56 Å². The number of benzene rings is 2. The molecule has 0 aliphatic carbocycles. The third kappa shape index (κ3) is 3.23. The molecule has 0 unspecified atom stereocenters. The molecule has 0 N–H and O–H groups in total. The Hall–Kier alpha value is -2.99. The largest absolute Gasteiger partial charge is 0.497 e. The summed E-state index contributed by atoms with van der Waals surface area (Å²) in [5.74, 6) is 0.476. The fourth-order valence-corrected chi connectivity index (χ4v) is 3.68. The lowest BCUT2D eigenvalue weighted by atomic mass is 10.2. The predicted molar refractivity (Wildman–Crippen MR) is 103 cm³/mol. The maximum absolute atomic E-state index is 14.5. The molecule has 6 heteroatoms. The van der Waals surface area contributed by atoms with Crippen molar-refractivity contribution in [1.82, 2.24) is 9.97 Å². The van der Waals surface area contributed by atoms with E-state index in [1.165, 1.54) is 17.4 Å². The first kappa shape index (κ1) is 16.5. The number of para-hydroxylation sites is 1. The van der Waals surface area contributed by atoms with E-state index in [9.17, 15) is 4.39 Å². The van der Waals surface area contributed by atoms with Gasteiger partial charge in [-0.15, -0.1) is 0 Å². The maximum Gasteiger partial charge on any atom is 0.192 e. The number of halogens is 1. The molecule has 130 valence electrons. The van der Waals surface area contributed by atoms with Crippen molar-refractivity contribution in [3.8, 4) is 5.75 Å². The highest BCUT2D eigenvalue weighted by atomic mass is 32.1. The summed E-state index contributed by atoms with van der Waals surface area (Å²) in [5.41, 5.74) is 2.29. The number of fused-ring (bicyclic) bond motifs is 1. The number of hydrogen-bond acceptors (Lipinski definition) is 5. The van der Waals surface area contributed by atoms with Crippen LogP contribution in [0.25, 0.3) is 10.3 Å². The van der Waals surface area contributed by atoms with Crippen LogP contribution in [0.5, 0.6) is 5.75 Å². The van der Waals surface area contributed by atoms with E-state index in [4.69, 9.17) is 4.74 Å². The van der Waals surface area contributed by atoms with E-state index in [0.717, 1.165) is 21.7 Å². The van der Waals surface area contributed by atoms with Gasteiger partial charge in [0.2, 0.25) is 0 Å². The Bertz CT molecular complexity index is 1020. The topological polar surface area (TPSA) is 38.2 Å². The number of aromatic nitrogens is 2. The lowest BCUT2D eigenvalue weighted by Crippen LogP contribution is -2.17. The van der Waals surface area contributed by atoms with Gasteiger partial charge in [0, 0.05) is 6.20 Å². The molecule has 2 aromatic carbocycles. The molecule has 0 radical (unpaired) electrons. The summed E-state index contributed by atoms with van der Waals surface area (Å²) < 4.78 is 19.8. The number of rotatable bonds is 5. The summed E-state index contributed by atoms with van der Waals surface area (Å²) in [5, 5.41) is 0.701. The Morgan fingerprint density at radius 2 is 1.96 bits per heavy atom. The van der Waals surface area contributed by atoms with Crippen LogP contribution >= 0.6 is 11.3 Å². The van der Waals surface area contributed by atoms with E-state index in [0.29, 0.717) is 17.4 Å². The number of ether oxygens (including phenoxy) is 1. The highest BCUT2D eigenvalue weighted by Gasteiger charge is 2.18. The molecule has 2 heterocycles. The summed E-state index contributed by atoms with van der Waals surface area (Å²) >= 11 is 1.44. The molecule has 0 fully saturated rings. The van der Waals surface area contributed by atoms with E-state index in [-0.39, 0.29) is 5.82 Å². The first-order valence-electron chi connectivity index (χ1n) is 8.11. The molecule has 0 spiro atoms. The van der Waals surface area contributed by atoms with Crippen molar-refractivity contribution in [2.75, 3.05) is 12.0 Å². The molecule has 4 nitrogen and oxygen atoms in total. The average Bonchev–Trinajstić information content (AvgIpc) is 3.11. The standard InChI is InChI=1S/C20H16FN3OS/c1-25-15-7-4-6-14(12-15)13-24(18-10-3-2-8-16(18)21)20-23-17-9-5-11-22-19(17)26-20/h2-12H,13H2,1H3. The van der Waals surface area contributed by atoms with E-state index in [2.05, 4.69) is 9.97 Å². The number of nitrogens with zero attached hydrogens (tertiary/aromatic N) is 3. The molecule has 2 aromatic heterocycles. The second-order valence-corrected chi connectivity index (χ2v) is 6.67. The van der Waals surface area contributed by atoms with Crippen molar-refractivity contribution >= 4 is 32.5 Å². The zero-order valence-electron chi connectivity index (χ0n) is 14.1. The van der Waals surface area contributed by atoms with E-state index < -0.39 is 0 Å². The smallest absolute Gasteiger partial charge is 0.192 e. The molecule has 0 aliphatic heterocycles. The van der Waals surface area contributed by atoms with Crippen molar-refractivity contribution < 1.29 is 9.13 Å². The van der Waals surface area contributed by atoms with Gasteiger partial charge in [-0.05, 0) is 42.0 Å². The van der Waals surface area contributed by atoms with Gasteiger partial charge in [-0.3, -0.25) is 0 Å². The maximum atomic E-state index is 14.5. The molecule has 0 atom stereocenters. The van der Waals surface area contributed by atoms with E-state index in [1.54, 1.807) is 25.4 Å². The molecule has 4 aromatic rings. The van der Waals surface area contributed by atoms with Gasteiger partial charge in [-0.1, -0.05) is 35.6 Å². The zero-order chi connectivity index (χ0) is 17.9. The van der Waals surface area contributed by atoms with Crippen LogP contribution in [0.4, 0.5) is 15.2 Å². The normalized spacial score (nSPS) is 10.8.